The smallest absolute Gasteiger partial charge is 0.249 e. The predicted octanol–water partition coefficient (Wildman–Crippen LogP) is 3.29. The monoisotopic (exact) mass is 371 g/mol. The van der Waals surface area contributed by atoms with Gasteiger partial charge in [-0.05, 0) is 55.1 Å². The van der Waals surface area contributed by atoms with Gasteiger partial charge in [-0.2, -0.15) is 5.10 Å². The molecule has 0 saturated carbocycles. The Balaban J connectivity index is 1.77. The van der Waals surface area contributed by atoms with E-state index in [9.17, 15) is 9.59 Å². The molecule has 0 aliphatic carbocycles. The Hall–Kier alpha value is -2.80. The van der Waals surface area contributed by atoms with Crippen LogP contribution in [0.4, 0.5) is 5.69 Å². The molecule has 0 atom stereocenters. The summed E-state index contributed by atoms with van der Waals surface area (Å²) in [5, 5.41) is 6.51. The summed E-state index contributed by atoms with van der Waals surface area (Å²) in [4.78, 5) is 24.8. The minimum Gasteiger partial charge on any atom is -0.494 e. The molecule has 2 amide bonds. The molecule has 136 valence electrons. The second-order valence-corrected chi connectivity index (χ2v) is 6.13. The molecule has 2 aromatic rings. The standard InChI is InChI=1S/C19H21N3O3S/c1-3-25-16-8-6-15(7-9-16)21-18(23)12-19(24)22-20-13-14-4-10-17(26-2)11-5-14/h4-11,13H,3,12H2,1-2H3,(H,21,23)(H,22,24). The largest absolute Gasteiger partial charge is 0.494 e. The fourth-order valence-electron chi connectivity index (χ4n) is 2.06. The molecule has 0 aromatic heterocycles. The van der Waals surface area contributed by atoms with Crippen molar-refractivity contribution in [1.82, 2.24) is 5.43 Å². The molecule has 0 aliphatic rings. The molecule has 0 aliphatic heterocycles. The van der Waals surface area contributed by atoms with Gasteiger partial charge in [-0.1, -0.05) is 12.1 Å². The molecule has 26 heavy (non-hydrogen) atoms. The third-order valence-corrected chi connectivity index (χ3v) is 4.03. The Morgan fingerprint density at radius 3 is 2.38 bits per heavy atom. The topological polar surface area (TPSA) is 79.8 Å². The maximum Gasteiger partial charge on any atom is 0.249 e. The Morgan fingerprint density at radius 2 is 1.77 bits per heavy atom. The average molecular weight is 371 g/mol. The number of rotatable bonds is 8. The first-order valence-electron chi connectivity index (χ1n) is 8.09. The van der Waals surface area contributed by atoms with Gasteiger partial charge in [0.25, 0.3) is 0 Å². The van der Waals surface area contributed by atoms with Crippen LogP contribution >= 0.6 is 11.8 Å². The van der Waals surface area contributed by atoms with E-state index in [0.717, 1.165) is 16.2 Å². The fourth-order valence-corrected chi connectivity index (χ4v) is 2.47. The van der Waals surface area contributed by atoms with Gasteiger partial charge in [0.2, 0.25) is 11.8 Å². The van der Waals surface area contributed by atoms with Crippen molar-refractivity contribution in [2.24, 2.45) is 5.10 Å². The minimum atomic E-state index is -0.481. The zero-order valence-corrected chi connectivity index (χ0v) is 15.5. The lowest BCUT2D eigenvalue weighted by molar-refractivity contribution is -0.126. The summed E-state index contributed by atoms with van der Waals surface area (Å²) in [6, 6.07) is 14.7. The number of hydrazone groups is 1. The highest BCUT2D eigenvalue weighted by atomic mass is 32.2. The highest BCUT2D eigenvalue weighted by Gasteiger charge is 2.09. The number of hydrogen-bond acceptors (Lipinski definition) is 5. The summed E-state index contributed by atoms with van der Waals surface area (Å²) in [6.07, 6.45) is 3.23. The van der Waals surface area contributed by atoms with Crippen LogP contribution in [-0.4, -0.2) is 30.9 Å². The fraction of sp³-hybridized carbons (Fsp3) is 0.211. The minimum absolute atomic E-state index is 0.310. The van der Waals surface area contributed by atoms with E-state index in [0.29, 0.717) is 12.3 Å². The molecule has 0 radical (unpaired) electrons. The van der Waals surface area contributed by atoms with E-state index in [2.05, 4.69) is 15.8 Å². The van der Waals surface area contributed by atoms with E-state index >= 15 is 0 Å². The van der Waals surface area contributed by atoms with Gasteiger partial charge in [0, 0.05) is 10.6 Å². The molecule has 0 fully saturated rings. The van der Waals surface area contributed by atoms with Crippen molar-refractivity contribution < 1.29 is 14.3 Å². The molecular formula is C19H21N3O3S. The Bertz CT molecular complexity index is 759. The Kier molecular flexibility index (Phi) is 7.70. The maximum absolute atomic E-state index is 11.9. The molecule has 2 aromatic carbocycles. The van der Waals surface area contributed by atoms with Gasteiger partial charge in [0.05, 0.1) is 12.8 Å². The van der Waals surface area contributed by atoms with Crippen LogP contribution in [0.3, 0.4) is 0 Å². The number of amides is 2. The molecule has 0 bridgehead atoms. The second kappa shape index (κ2) is 10.2. The Labute approximate surface area is 157 Å². The van der Waals surface area contributed by atoms with Gasteiger partial charge >= 0.3 is 0 Å². The number of ether oxygens (including phenoxy) is 1. The number of thioether (sulfide) groups is 1. The van der Waals surface area contributed by atoms with Crippen LogP contribution in [0, 0.1) is 0 Å². The van der Waals surface area contributed by atoms with Crippen molar-refractivity contribution in [3.05, 3.63) is 54.1 Å². The van der Waals surface area contributed by atoms with Crippen molar-refractivity contribution in [2.75, 3.05) is 18.2 Å². The normalized spacial score (nSPS) is 10.5. The highest BCUT2D eigenvalue weighted by molar-refractivity contribution is 7.98. The van der Waals surface area contributed by atoms with Gasteiger partial charge in [0.15, 0.2) is 0 Å². The molecule has 2 rings (SSSR count). The first-order valence-corrected chi connectivity index (χ1v) is 9.32. The summed E-state index contributed by atoms with van der Waals surface area (Å²) in [5.74, 6) is -0.167. The molecule has 2 N–H and O–H groups in total. The zero-order chi connectivity index (χ0) is 18.8. The Morgan fingerprint density at radius 1 is 1.08 bits per heavy atom. The van der Waals surface area contributed by atoms with Gasteiger partial charge in [-0.25, -0.2) is 5.43 Å². The first-order chi connectivity index (χ1) is 12.6. The van der Waals surface area contributed by atoms with E-state index in [1.54, 1.807) is 36.0 Å². The zero-order valence-electron chi connectivity index (χ0n) is 14.7. The number of anilines is 1. The van der Waals surface area contributed by atoms with Crippen LogP contribution in [0.25, 0.3) is 0 Å². The number of benzene rings is 2. The van der Waals surface area contributed by atoms with Crippen molar-refractivity contribution >= 4 is 35.5 Å². The van der Waals surface area contributed by atoms with Crippen molar-refractivity contribution in [3.8, 4) is 5.75 Å². The lowest BCUT2D eigenvalue weighted by atomic mass is 10.2. The maximum atomic E-state index is 11.9. The second-order valence-electron chi connectivity index (χ2n) is 5.25. The van der Waals surface area contributed by atoms with E-state index in [4.69, 9.17) is 4.74 Å². The van der Waals surface area contributed by atoms with Crippen LogP contribution in [0.1, 0.15) is 18.9 Å². The van der Waals surface area contributed by atoms with Crippen LogP contribution in [0.15, 0.2) is 58.5 Å². The third kappa shape index (κ3) is 6.60. The van der Waals surface area contributed by atoms with Crippen LogP contribution in [0.2, 0.25) is 0 Å². The molecule has 0 spiro atoms. The SMILES string of the molecule is CCOc1ccc(NC(=O)CC(=O)NN=Cc2ccc(SC)cc2)cc1. The van der Waals surface area contributed by atoms with E-state index in [1.165, 1.54) is 6.21 Å². The molecule has 0 heterocycles. The van der Waals surface area contributed by atoms with Crippen LogP contribution in [-0.2, 0) is 9.59 Å². The summed E-state index contributed by atoms with van der Waals surface area (Å²) in [7, 11) is 0. The summed E-state index contributed by atoms with van der Waals surface area (Å²) >= 11 is 1.65. The van der Waals surface area contributed by atoms with E-state index in [-0.39, 0.29) is 6.42 Å². The molecule has 0 saturated heterocycles. The third-order valence-electron chi connectivity index (χ3n) is 3.29. The van der Waals surface area contributed by atoms with Crippen molar-refractivity contribution in [2.45, 2.75) is 18.2 Å². The van der Waals surface area contributed by atoms with Gasteiger partial charge in [-0.3, -0.25) is 9.59 Å². The number of nitrogens with zero attached hydrogens (tertiary/aromatic N) is 1. The van der Waals surface area contributed by atoms with Crippen LogP contribution in [0.5, 0.6) is 5.75 Å². The lowest BCUT2D eigenvalue weighted by Crippen LogP contribution is -2.24. The average Bonchev–Trinajstić information content (AvgIpc) is 2.64. The van der Waals surface area contributed by atoms with Gasteiger partial charge in [0.1, 0.15) is 12.2 Å². The number of nitrogens with one attached hydrogen (secondary N) is 2. The highest BCUT2D eigenvalue weighted by Crippen LogP contribution is 2.16. The van der Waals surface area contributed by atoms with E-state index in [1.807, 2.05) is 37.4 Å². The molecule has 0 unspecified atom stereocenters. The van der Waals surface area contributed by atoms with Crippen molar-refractivity contribution in [1.29, 1.82) is 0 Å². The molecule has 6 nitrogen and oxygen atoms in total. The summed E-state index contributed by atoms with van der Waals surface area (Å²) in [6.45, 7) is 2.48. The van der Waals surface area contributed by atoms with Crippen LogP contribution < -0.4 is 15.5 Å². The lowest BCUT2D eigenvalue weighted by Gasteiger charge is -2.06. The quantitative estimate of drug-likeness (QED) is 0.323. The molecular weight excluding hydrogens is 350 g/mol. The summed E-state index contributed by atoms with van der Waals surface area (Å²) in [5.41, 5.74) is 3.81. The molecule has 7 heteroatoms. The van der Waals surface area contributed by atoms with Gasteiger partial charge in [-0.15, -0.1) is 11.8 Å². The van der Waals surface area contributed by atoms with Gasteiger partial charge < -0.3 is 10.1 Å². The number of carbonyl (C=O) groups is 2. The number of hydrogen-bond donors (Lipinski definition) is 2. The van der Waals surface area contributed by atoms with E-state index < -0.39 is 11.8 Å². The van der Waals surface area contributed by atoms with Crippen molar-refractivity contribution in [3.63, 3.8) is 0 Å². The predicted molar refractivity (Wildman–Crippen MR) is 105 cm³/mol. The number of carbonyl (C=O) groups excluding carboxylic acids is 2. The summed E-state index contributed by atoms with van der Waals surface area (Å²) < 4.78 is 5.33. The first kappa shape index (κ1) is 19.5.